The smallest absolute Gasteiger partial charge is 0.0589 e. The van der Waals surface area contributed by atoms with Crippen molar-refractivity contribution >= 4 is 10.8 Å². The van der Waals surface area contributed by atoms with Gasteiger partial charge < -0.3 is 4.74 Å². The number of hydrogen-bond acceptors (Lipinski definition) is 4. The number of piperidine rings is 1. The minimum atomic E-state index is 0.688. The molecule has 2 aromatic carbocycles. The molecule has 1 aromatic heterocycles. The Bertz CT molecular complexity index is 1010. The van der Waals surface area contributed by atoms with Gasteiger partial charge in [-0.25, -0.2) is 0 Å². The lowest BCUT2D eigenvalue weighted by molar-refractivity contribution is 0.0845. The highest BCUT2D eigenvalue weighted by Gasteiger charge is 2.31. The molecule has 0 bridgehead atoms. The molecule has 168 valence electrons. The fourth-order valence-electron chi connectivity index (χ4n) is 5.76. The lowest BCUT2D eigenvalue weighted by Crippen LogP contribution is -2.46. The number of nitrogens with zero attached hydrogens (tertiary/aromatic N) is 3. The van der Waals surface area contributed by atoms with Gasteiger partial charge in [-0.2, -0.15) is 0 Å². The first-order valence-corrected chi connectivity index (χ1v) is 12.1. The first kappa shape index (κ1) is 21.6. The molecule has 0 saturated carbocycles. The molecule has 1 fully saturated rings. The summed E-state index contributed by atoms with van der Waals surface area (Å²) in [4.78, 5) is 9.69. The zero-order chi connectivity index (χ0) is 21.8. The van der Waals surface area contributed by atoms with E-state index < -0.39 is 0 Å². The molecule has 4 heteroatoms. The Morgan fingerprint density at radius 3 is 2.72 bits per heavy atom. The van der Waals surface area contributed by atoms with Gasteiger partial charge >= 0.3 is 0 Å². The van der Waals surface area contributed by atoms with Gasteiger partial charge in [0.2, 0.25) is 0 Å². The van der Waals surface area contributed by atoms with Crippen LogP contribution in [0.25, 0.3) is 10.8 Å². The Balaban J connectivity index is 1.25. The third-order valence-electron chi connectivity index (χ3n) is 7.39. The largest absolute Gasteiger partial charge is 0.383 e. The van der Waals surface area contributed by atoms with Crippen molar-refractivity contribution in [3.05, 3.63) is 77.6 Å². The van der Waals surface area contributed by atoms with Crippen molar-refractivity contribution in [1.29, 1.82) is 0 Å². The molecule has 1 saturated heterocycles. The summed E-state index contributed by atoms with van der Waals surface area (Å²) in [6, 6.07) is 18.5. The van der Waals surface area contributed by atoms with E-state index >= 15 is 0 Å². The van der Waals surface area contributed by atoms with Gasteiger partial charge in [-0.3, -0.25) is 14.8 Å². The molecule has 0 radical (unpaired) electrons. The highest BCUT2D eigenvalue weighted by Crippen LogP contribution is 2.29. The number of hydrogen-bond donors (Lipinski definition) is 0. The molecule has 1 aliphatic heterocycles. The summed E-state index contributed by atoms with van der Waals surface area (Å²) < 4.78 is 5.46. The molecule has 1 aliphatic carbocycles. The molecular weight excluding hydrogens is 394 g/mol. The summed E-state index contributed by atoms with van der Waals surface area (Å²) in [6.45, 7) is 6.34. The van der Waals surface area contributed by atoms with Crippen LogP contribution in [0.15, 0.2) is 60.9 Å². The van der Waals surface area contributed by atoms with Crippen LogP contribution in [0, 0.1) is 5.92 Å². The Hall–Kier alpha value is -2.27. The van der Waals surface area contributed by atoms with Crippen LogP contribution in [-0.2, 0) is 24.1 Å². The minimum absolute atomic E-state index is 0.688. The molecule has 32 heavy (non-hydrogen) atoms. The van der Waals surface area contributed by atoms with Crippen LogP contribution in [0.2, 0.25) is 0 Å². The SMILES string of the molecule is COCCN(Cc1cccc2cnccc12)C[C@H]1CCCN(C2Cc3ccccc3C2)C1. The molecule has 2 heterocycles. The Morgan fingerprint density at radius 1 is 1.06 bits per heavy atom. The highest BCUT2D eigenvalue weighted by atomic mass is 16.5. The number of ether oxygens (including phenoxy) is 1. The lowest BCUT2D eigenvalue weighted by atomic mass is 9.95. The number of methoxy groups -OCH3 is 1. The summed E-state index contributed by atoms with van der Waals surface area (Å²) in [7, 11) is 1.81. The third-order valence-corrected chi connectivity index (χ3v) is 7.39. The number of benzene rings is 2. The van der Waals surface area contributed by atoms with E-state index in [-0.39, 0.29) is 0 Å². The van der Waals surface area contributed by atoms with Gasteiger partial charge in [0.1, 0.15) is 0 Å². The number of aromatic nitrogens is 1. The van der Waals surface area contributed by atoms with E-state index in [2.05, 4.69) is 63.3 Å². The Morgan fingerprint density at radius 2 is 1.91 bits per heavy atom. The van der Waals surface area contributed by atoms with E-state index in [4.69, 9.17) is 4.74 Å². The molecule has 0 unspecified atom stereocenters. The predicted octanol–water partition coefficient (Wildman–Crippen LogP) is 4.56. The van der Waals surface area contributed by atoms with E-state index in [0.29, 0.717) is 6.04 Å². The van der Waals surface area contributed by atoms with Crippen molar-refractivity contribution in [2.75, 3.05) is 39.9 Å². The second kappa shape index (κ2) is 10.1. The standard InChI is InChI=1S/C28H35N3O/c1-32-15-14-30(21-26-10-4-9-25-18-29-12-11-28(25)26)19-22-6-5-13-31(20-22)27-16-23-7-2-3-8-24(23)17-27/h2-4,7-12,18,22,27H,5-6,13-17,19-21H2,1H3/t22-/m1/s1. The molecule has 0 spiro atoms. The fourth-order valence-corrected chi connectivity index (χ4v) is 5.76. The zero-order valence-corrected chi connectivity index (χ0v) is 19.2. The molecule has 0 N–H and O–H groups in total. The van der Waals surface area contributed by atoms with Gasteiger partial charge in [0.25, 0.3) is 0 Å². The number of fused-ring (bicyclic) bond motifs is 2. The predicted molar refractivity (Wildman–Crippen MR) is 131 cm³/mol. The normalized spacial score (nSPS) is 19.6. The van der Waals surface area contributed by atoms with E-state index in [0.717, 1.165) is 32.2 Å². The van der Waals surface area contributed by atoms with E-state index in [9.17, 15) is 0 Å². The van der Waals surface area contributed by atoms with Crippen molar-refractivity contribution in [2.24, 2.45) is 5.92 Å². The molecule has 3 aromatic rings. The van der Waals surface area contributed by atoms with Crippen LogP contribution < -0.4 is 0 Å². The van der Waals surface area contributed by atoms with Crippen LogP contribution in [-0.4, -0.2) is 60.7 Å². The van der Waals surface area contributed by atoms with E-state index in [1.807, 2.05) is 19.5 Å². The van der Waals surface area contributed by atoms with E-state index in [1.54, 1.807) is 11.1 Å². The van der Waals surface area contributed by atoms with Gasteiger partial charge in [0, 0.05) is 57.1 Å². The van der Waals surface area contributed by atoms with Crippen LogP contribution in [0.4, 0.5) is 0 Å². The van der Waals surface area contributed by atoms with Crippen LogP contribution >= 0.6 is 0 Å². The molecule has 0 amide bonds. The van der Waals surface area contributed by atoms with Gasteiger partial charge in [-0.05, 0) is 66.3 Å². The van der Waals surface area contributed by atoms with Crippen molar-refractivity contribution in [3.63, 3.8) is 0 Å². The first-order chi connectivity index (χ1) is 15.8. The van der Waals surface area contributed by atoms with Gasteiger partial charge in [0.15, 0.2) is 0 Å². The fraction of sp³-hybridized carbons (Fsp3) is 0.464. The van der Waals surface area contributed by atoms with Gasteiger partial charge in [0.05, 0.1) is 6.61 Å². The number of pyridine rings is 1. The van der Waals surface area contributed by atoms with Crippen molar-refractivity contribution in [1.82, 2.24) is 14.8 Å². The maximum Gasteiger partial charge on any atom is 0.0589 e. The van der Waals surface area contributed by atoms with Crippen molar-refractivity contribution in [2.45, 2.75) is 38.3 Å². The van der Waals surface area contributed by atoms with Crippen LogP contribution in [0.5, 0.6) is 0 Å². The lowest BCUT2D eigenvalue weighted by Gasteiger charge is -2.39. The Kier molecular flexibility index (Phi) is 6.82. The second-order valence-electron chi connectivity index (χ2n) is 9.58. The van der Waals surface area contributed by atoms with E-state index in [1.165, 1.54) is 55.1 Å². The maximum atomic E-state index is 5.46. The molecule has 1 atom stereocenters. The maximum absolute atomic E-state index is 5.46. The average molecular weight is 430 g/mol. The van der Waals surface area contributed by atoms with Gasteiger partial charge in [-0.1, -0.05) is 42.5 Å². The quantitative estimate of drug-likeness (QED) is 0.525. The van der Waals surface area contributed by atoms with Crippen LogP contribution in [0.1, 0.15) is 29.5 Å². The molecule has 5 rings (SSSR count). The van der Waals surface area contributed by atoms with Crippen molar-refractivity contribution < 1.29 is 4.74 Å². The zero-order valence-electron chi connectivity index (χ0n) is 19.2. The van der Waals surface area contributed by atoms with Gasteiger partial charge in [-0.15, -0.1) is 0 Å². The number of likely N-dealkylation sites (tertiary alicyclic amines) is 1. The topological polar surface area (TPSA) is 28.6 Å². The summed E-state index contributed by atoms with van der Waals surface area (Å²) in [6.07, 6.45) is 8.97. The van der Waals surface area contributed by atoms with Crippen LogP contribution in [0.3, 0.4) is 0 Å². The molecular formula is C28H35N3O. The summed E-state index contributed by atoms with van der Waals surface area (Å²) >= 11 is 0. The summed E-state index contributed by atoms with van der Waals surface area (Å²) in [5.41, 5.74) is 4.51. The minimum Gasteiger partial charge on any atom is -0.383 e. The van der Waals surface area contributed by atoms with Crippen molar-refractivity contribution in [3.8, 4) is 0 Å². The average Bonchev–Trinajstić information content (AvgIpc) is 3.27. The summed E-state index contributed by atoms with van der Waals surface area (Å²) in [5.74, 6) is 0.723. The monoisotopic (exact) mass is 429 g/mol. The first-order valence-electron chi connectivity index (χ1n) is 12.1. The third kappa shape index (κ3) is 4.88. The molecule has 2 aliphatic rings. The number of rotatable bonds is 8. The second-order valence-corrected chi connectivity index (χ2v) is 9.58. The molecule has 4 nitrogen and oxygen atoms in total. The Labute approximate surface area is 192 Å². The highest BCUT2D eigenvalue weighted by molar-refractivity contribution is 5.84. The summed E-state index contributed by atoms with van der Waals surface area (Å²) in [5, 5.41) is 2.54.